The lowest BCUT2D eigenvalue weighted by Crippen LogP contribution is -2.34. The van der Waals surface area contributed by atoms with E-state index in [1.165, 1.54) is 23.5 Å². The van der Waals surface area contributed by atoms with Crippen molar-refractivity contribution in [3.8, 4) is 5.75 Å². The maximum absolute atomic E-state index is 13.9. The molecule has 0 radical (unpaired) electrons. The van der Waals surface area contributed by atoms with Crippen LogP contribution in [0.2, 0.25) is 0 Å². The summed E-state index contributed by atoms with van der Waals surface area (Å²) in [6.45, 7) is 1.40. The molecule has 0 fully saturated rings. The number of methoxy groups -OCH3 is 1. The van der Waals surface area contributed by atoms with E-state index in [9.17, 15) is 12.8 Å². The highest BCUT2D eigenvalue weighted by Gasteiger charge is 2.28. The summed E-state index contributed by atoms with van der Waals surface area (Å²) >= 11 is 0. The molecule has 130 valence electrons. The number of nitrogens with one attached hydrogen (secondary N) is 1. The average Bonchev–Trinajstić information content (AvgIpc) is 2.77. The third-order valence-corrected chi connectivity index (χ3v) is 5.59. The van der Waals surface area contributed by atoms with Gasteiger partial charge in [0, 0.05) is 19.6 Å². The number of ether oxygens (including phenoxy) is 1. The summed E-state index contributed by atoms with van der Waals surface area (Å²) in [6, 6.07) is 11.0. The van der Waals surface area contributed by atoms with Gasteiger partial charge in [0.05, 0.1) is 17.7 Å². The molecule has 3 rings (SSSR count). The van der Waals surface area contributed by atoms with Gasteiger partial charge >= 0.3 is 0 Å². The fourth-order valence-electron chi connectivity index (χ4n) is 2.61. The normalized spacial score (nSPS) is 14.3. The van der Waals surface area contributed by atoms with Gasteiger partial charge < -0.3 is 10.1 Å². The van der Waals surface area contributed by atoms with E-state index in [1.54, 1.807) is 12.1 Å². The van der Waals surface area contributed by atoms with Gasteiger partial charge in [0.25, 0.3) is 10.0 Å². The van der Waals surface area contributed by atoms with Crippen LogP contribution in [0.3, 0.4) is 0 Å². The molecule has 0 spiro atoms. The summed E-state index contributed by atoms with van der Waals surface area (Å²) in [7, 11) is -2.51. The SMILES string of the molecule is COc1ccc(S(=O)(=O)N2CCNCc3ccccc32)cc1F.Cl. The highest BCUT2D eigenvalue weighted by molar-refractivity contribution is 7.92. The molecule has 0 amide bonds. The zero-order valence-corrected chi connectivity index (χ0v) is 14.7. The number of sulfonamides is 1. The summed E-state index contributed by atoms with van der Waals surface area (Å²) in [4.78, 5) is -0.0903. The van der Waals surface area contributed by atoms with E-state index in [4.69, 9.17) is 4.74 Å². The van der Waals surface area contributed by atoms with Gasteiger partial charge in [-0.1, -0.05) is 18.2 Å². The average molecular weight is 373 g/mol. The van der Waals surface area contributed by atoms with E-state index in [-0.39, 0.29) is 29.6 Å². The van der Waals surface area contributed by atoms with Crippen molar-refractivity contribution in [1.29, 1.82) is 0 Å². The Kier molecular flexibility index (Phi) is 5.69. The predicted octanol–water partition coefficient (Wildman–Crippen LogP) is 2.55. The molecule has 8 heteroatoms. The van der Waals surface area contributed by atoms with Gasteiger partial charge in [-0.3, -0.25) is 4.31 Å². The van der Waals surface area contributed by atoms with Crippen LogP contribution in [-0.2, 0) is 16.6 Å². The molecule has 0 saturated heterocycles. The Balaban J connectivity index is 0.00000208. The van der Waals surface area contributed by atoms with E-state index >= 15 is 0 Å². The van der Waals surface area contributed by atoms with E-state index in [2.05, 4.69) is 5.32 Å². The van der Waals surface area contributed by atoms with E-state index in [1.807, 2.05) is 12.1 Å². The van der Waals surface area contributed by atoms with Gasteiger partial charge in [-0.2, -0.15) is 0 Å². The molecule has 1 N–H and O–H groups in total. The zero-order chi connectivity index (χ0) is 16.4. The molecule has 0 aromatic heterocycles. The fourth-order valence-corrected chi connectivity index (χ4v) is 4.13. The quantitative estimate of drug-likeness (QED) is 0.899. The smallest absolute Gasteiger partial charge is 0.264 e. The Morgan fingerprint density at radius 2 is 1.96 bits per heavy atom. The largest absolute Gasteiger partial charge is 0.494 e. The molecule has 2 aromatic rings. The molecule has 0 aliphatic carbocycles. The third kappa shape index (κ3) is 3.33. The lowest BCUT2D eigenvalue weighted by Gasteiger charge is -2.24. The van der Waals surface area contributed by atoms with Crippen LogP contribution < -0.4 is 14.4 Å². The van der Waals surface area contributed by atoms with Gasteiger partial charge in [-0.25, -0.2) is 12.8 Å². The van der Waals surface area contributed by atoms with Crippen molar-refractivity contribution >= 4 is 28.1 Å². The Morgan fingerprint density at radius 1 is 1.21 bits per heavy atom. The van der Waals surface area contributed by atoms with Crippen molar-refractivity contribution in [2.24, 2.45) is 0 Å². The van der Waals surface area contributed by atoms with Crippen LogP contribution in [0.4, 0.5) is 10.1 Å². The summed E-state index contributed by atoms with van der Waals surface area (Å²) < 4.78 is 46.0. The van der Waals surface area contributed by atoms with Crippen LogP contribution in [0.1, 0.15) is 5.56 Å². The molecule has 24 heavy (non-hydrogen) atoms. The van der Waals surface area contributed by atoms with Crippen LogP contribution in [0.25, 0.3) is 0 Å². The molecular formula is C16H18ClFN2O3S. The first-order valence-electron chi connectivity index (χ1n) is 7.19. The number of para-hydroxylation sites is 1. The van der Waals surface area contributed by atoms with Crippen LogP contribution in [0.5, 0.6) is 5.75 Å². The number of nitrogens with zero attached hydrogens (tertiary/aromatic N) is 1. The van der Waals surface area contributed by atoms with E-state index in [0.29, 0.717) is 18.8 Å². The Labute approximate surface area is 146 Å². The van der Waals surface area contributed by atoms with E-state index < -0.39 is 15.8 Å². The molecule has 0 atom stereocenters. The predicted molar refractivity (Wildman–Crippen MR) is 92.9 cm³/mol. The maximum Gasteiger partial charge on any atom is 0.264 e. The first-order chi connectivity index (χ1) is 11.0. The molecule has 2 aromatic carbocycles. The van der Waals surface area contributed by atoms with E-state index in [0.717, 1.165) is 11.6 Å². The minimum atomic E-state index is -3.85. The molecule has 1 aliphatic rings. The van der Waals surface area contributed by atoms with Crippen LogP contribution >= 0.6 is 12.4 Å². The van der Waals surface area contributed by atoms with Crippen molar-refractivity contribution in [3.05, 3.63) is 53.8 Å². The number of rotatable bonds is 3. The summed E-state index contributed by atoms with van der Waals surface area (Å²) in [5.41, 5.74) is 1.51. The Bertz CT molecular complexity index is 830. The zero-order valence-electron chi connectivity index (χ0n) is 13.0. The molecule has 0 unspecified atom stereocenters. The molecule has 0 bridgehead atoms. The number of hydrogen-bond donors (Lipinski definition) is 1. The number of anilines is 1. The van der Waals surface area contributed by atoms with Crippen molar-refractivity contribution in [1.82, 2.24) is 5.32 Å². The van der Waals surface area contributed by atoms with Gasteiger partial charge in [0.15, 0.2) is 11.6 Å². The van der Waals surface area contributed by atoms with Crippen molar-refractivity contribution in [2.75, 3.05) is 24.5 Å². The third-order valence-electron chi connectivity index (χ3n) is 3.78. The minimum absolute atomic E-state index is 0. The van der Waals surface area contributed by atoms with Gasteiger partial charge in [-0.15, -0.1) is 12.4 Å². The molecule has 0 saturated carbocycles. The molecule has 1 aliphatic heterocycles. The maximum atomic E-state index is 13.9. The van der Waals surface area contributed by atoms with Gasteiger partial charge in [0.2, 0.25) is 0 Å². The summed E-state index contributed by atoms with van der Waals surface area (Å²) in [5.74, 6) is -0.684. The van der Waals surface area contributed by atoms with Gasteiger partial charge in [-0.05, 0) is 29.8 Å². The molecule has 5 nitrogen and oxygen atoms in total. The summed E-state index contributed by atoms with van der Waals surface area (Å²) in [6.07, 6.45) is 0. The van der Waals surface area contributed by atoms with Crippen LogP contribution in [0.15, 0.2) is 47.4 Å². The van der Waals surface area contributed by atoms with Crippen molar-refractivity contribution in [2.45, 2.75) is 11.4 Å². The van der Waals surface area contributed by atoms with Crippen LogP contribution in [-0.4, -0.2) is 28.6 Å². The monoisotopic (exact) mass is 372 g/mol. The molecular weight excluding hydrogens is 355 g/mol. The number of hydrogen-bond acceptors (Lipinski definition) is 4. The second kappa shape index (κ2) is 7.38. The Hall–Kier alpha value is -1.83. The fraction of sp³-hybridized carbons (Fsp3) is 0.250. The lowest BCUT2D eigenvalue weighted by atomic mass is 10.2. The van der Waals surface area contributed by atoms with Gasteiger partial charge in [0.1, 0.15) is 0 Å². The first-order valence-corrected chi connectivity index (χ1v) is 8.63. The second-order valence-electron chi connectivity index (χ2n) is 5.18. The summed E-state index contributed by atoms with van der Waals surface area (Å²) in [5, 5.41) is 3.19. The first kappa shape index (κ1) is 18.5. The Morgan fingerprint density at radius 3 is 2.67 bits per heavy atom. The molecule has 1 heterocycles. The van der Waals surface area contributed by atoms with Crippen molar-refractivity contribution < 1.29 is 17.5 Å². The highest BCUT2D eigenvalue weighted by atomic mass is 35.5. The minimum Gasteiger partial charge on any atom is -0.494 e. The van der Waals surface area contributed by atoms with Crippen LogP contribution in [0, 0.1) is 5.82 Å². The lowest BCUT2D eigenvalue weighted by molar-refractivity contribution is 0.385. The number of fused-ring (bicyclic) bond motifs is 1. The highest BCUT2D eigenvalue weighted by Crippen LogP contribution is 2.29. The van der Waals surface area contributed by atoms with Crippen molar-refractivity contribution in [3.63, 3.8) is 0 Å². The number of halogens is 2. The number of benzene rings is 2. The topological polar surface area (TPSA) is 58.6 Å². The standard InChI is InChI=1S/C16H17FN2O3S.ClH/c1-22-16-7-6-13(10-14(16)17)23(20,21)19-9-8-18-11-12-4-2-3-5-15(12)19;/h2-7,10,18H,8-9,11H2,1H3;1H. The second-order valence-corrected chi connectivity index (χ2v) is 7.04.